The van der Waals surface area contributed by atoms with Crippen molar-refractivity contribution in [2.75, 3.05) is 5.32 Å². The van der Waals surface area contributed by atoms with E-state index < -0.39 is 10.8 Å². The van der Waals surface area contributed by atoms with E-state index in [-0.39, 0.29) is 11.7 Å². The Balaban J connectivity index is 1.56. The van der Waals surface area contributed by atoms with Gasteiger partial charge in [-0.3, -0.25) is 20.2 Å². The number of carbonyl (C=O) groups excluding carboxylic acids is 1. The van der Waals surface area contributed by atoms with Gasteiger partial charge in [-0.05, 0) is 26.0 Å². The number of aryl methyl sites for hydroxylation is 2. The number of nitrogens with one attached hydrogen (secondary N) is 1. The van der Waals surface area contributed by atoms with Crippen molar-refractivity contribution in [2.45, 2.75) is 13.8 Å². The quantitative estimate of drug-likeness (QED) is 0.402. The zero-order chi connectivity index (χ0) is 19.1. The summed E-state index contributed by atoms with van der Waals surface area (Å²) in [5, 5.41) is 22.7. The summed E-state index contributed by atoms with van der Waals surface area (Å²) in [6, 6.07) is 6.03. The van der Waals surface area contributed by atoms with E-state index >= 15 is 0 Å². The first-order valence-corrected chi connectivity index (χ1v) is 9.31. The highest BCUT2D eigenvalue weighted by Gasteiger charge is 2.18. The molecule has 4 aromatic rings. The van der Waals surface area contributed by atoms with Crippen LogP contribution in [0.4, 0.5) is 11.7 Å². The SMILES string of the molecule is Cc1nc(C)c(-c2nnc(NC(=O)c3cc4cc([N+](=O)[O-])ccc4s3)o2)s1. The normalized spacial score (nSPS) is 11.0. The molecule has 0 aliphatic carbocycles. The van der Waals surface area contributed by atoms with Crippen LogP contribution in [0.3, 0.4) is 0 Å². The molecule has 11 heteroatoms. The molecule has 1 aromatic carbocycles. The molecule has 0 unspecified atom stereocenters. The third kappa shape index (κ3) is 3.29. The molecule has 0 bridgehead atoms. The third-order valence-corrected chi connectivity index (χ3v) is 5.85. The molecule has 0 atom stereocenters. The van der Waals surface area contributed by atoms with Gasteiger partial charge in [0.05, 0.1) is 20.5 Å². The van der Waals surface area contributed by atoms with Crippen molar-refractivity contribution < 1.29 is 14.1 Å². The second-order valence-corrected chi connectivity index (χ2v) is 7.89. The molecule has 4 rings (SSSR count). The van der Waals surface area contributed by atoms with Gasteiger partial charge in [0, 0.05) is 22.2 Å². The van der Waals surface area contributed by atoms with Gasteiger partial charge >= 0.3 is 6.01 Å². The van der Waals surface area contributed by atoms with E-state index in [1.807, 2.05) is 13.8 Å². The van der Waals surface area contributed by atoms with Crippen molar-refractivity contribution in [2.24, 2.45) is 0 Å². The Hall–Kier alpha value is -3.18. The fraction of sp³-hybridized carbons (Fsp3) is 0.125. The van der Waals surface area contributed by atoms with Gasteiger partial charge in [0.2, 0.25) is 0 Å². The molecule has 0 radical (unpaired) electrons. The molecule has 1 N–H and O–H groups in total. The molecule has 3 heterocycles. The fourth-order valence-corrected chi connectivity index (χ4v) is 4.29. The van der Waals surface area contributed by atoms with Crippen LogP contribution >= 0.6 is 22.7 Å². The maximum Gasteiger partial charge on any atom is 0.322 e. The minimum Gasteiger partial charge on any atom is -0.402 e. The summed E-state index contributed by atoms with van der Waals surface area (Å²) in [6.07, 6.45) is 0. The van der Waals surface area contributed by atoms with Gasteiger partial charge in [0.1, 0.15) is 4.88 Å². The van der Waals surface area contributed by atoms with Crippen LogP contribution in [-0.4, -0.2) is 26.0 Å². The second kappa shape index (κ2) is 6.52. The number of amides is 1. The topological polar surface area (TPSA) is 124 Å². The lowest BCUT2D eigenvalue weighted by molar-refractivity contribution is -0.384. The summed E-state index contributed by atoms with van der Waals surface area (Å²) >= 11 is 2.65. The lowest BCUT2D eigenvalue weighted by Crippen LogP contribution is -2.10. The van der Waals surface area contributed by atoms with Gasteiger partial charge in [0.25, 0.3) is 17.5 Å². The number of non-ortho nitro benzene ring substituents is 1. The average Bonchev–Trinajstić information content (AvgIpc) is 3.32. The van der Waals surface area contributed by atoms with E-state index in [1.54, 1.807) is 12.1 Å². The molecule has 0 spiro atoms. The van der Waals surface area contributed by atoms with Gasteiger partial charge in [-0.2, -0.15) is 0 Å². The van der Waals surface area contributed by atoms with Gasteiger partial charge in [-0.1, -0.05) is 5.10 Å². The van der Waals surface area contributed by atoms with Crippen LogP contribution in [0.25, 0.3) is 20.9 Å². The highest BCUT2D eigenvalue weighted by molar-refractivity contribution is 7.20. The highest BCUT2D eigenvalue weighted by Crippen LogP contribution is 2.31. The number of hydrogen-bond donors (Lipinski definition) is 1. The van der Waals surface area contributed by atoms with Crippen LogP contribution in [-0.2, 0) is 0 Å². The van der Waals surface area contributed by atoms with E-state index in [9.17, 15) is 14.9 Å². The van der Waals surface area contributed by atoms with Crippen molar-refractivity contribution in [1.82, 2.24) is 15.2 Å². The number of nitro groups is 1. The standard InChI is InChI=1S/C16H11N5O4S2/c1-7-13(26-8(2)17-7)15-19-20-16(25-15)18-14(22)12-6-9-5-10(21(23)24)3-4-11(9)27-12/h3-6H,1-2H3,(H,18,20,22). The van der Waals surface area contributed by atoms with Crippen molar-refractivity contribution in [3.05, 3.63) is 50.0 Å². The zero-order valence-electron chi connectivity index (χ0n) is 14.0. The van der Waals surface area contributed by atoms with Crippen LogP contribution in [0, 0.1) is 24.0 Å². The Labute approximate surface area is 159 Å². The smallest absolute Gasteiger partial charge is 0.322 e. The van der Waals surface area contributed by atoms with Crippen molar-refractivity contribution in [1.29, 1.82) is 0 Å². The van der Waals surface area contributed by atoms with Gasteiger partial charge in [-0.15, -0.1) is 27.8 Å². The lowest BCUT2D eigenvalue weighted by Gasteiger charge is -1.96. The van der Waals surface area contributed by atoms with Gasteiger partial charge < -0.3 is 4.42 Å². The molecule has 136 valence electrons. The molecule has 0 saturated heterocycles. The predicted octanol–water partition coefficient (Wildman–Crippen LogP) is 4.19. The molecule has 0 fully saturated rings. The van der Waals surface area contributed by atoms with Crippen molar-refractivity contribution >= 4 is 50.4 Å². The number of nitro benzene ring substituents is 1. The van der Waals surface area contributed by atoms with Crippen LogP contribution in [0.1, 0.15) is 20.4 Å². The molecular weight excluding hydrogens is 390 g/mol. The monoisotopic (exact) mass is 401 g/mol. The molecule has 27 heavy (non-hydrogen) atoms. The molecule has 0 aliphatic heterocycles. The first-order chi connectivity index (χ1) is 12.9. The van der Waals surface area contributed by atoms with Gasteiger partial charge in [-0.25, -0.2) is 4.98 Å². The molecule has 0 aliphatic rings. The van der Waals surface area contributed by atoms with Crippen molar-refractivity contribution in [3.63, 3.8) is 0 Å². The summed E-state index contributed by atoms with van der Waals surface area (Å²) in [6.45, 7) is 3.73. The highest BCUT2D eigenvalue weighted by atomic mass is 32.1. The number of aromatic nitrogens is 3. The summed E-state index contributed by atoms with van der Waals surface area (Å²) < 4.78 is 6.28. The first kappa shape index (κ1) is 17.2. The number of rotatable bonds is 4. The van der Waals surface area contributed by atoms with Crippen LogP contribution in [0.5, 0.6) is 0 Å². The van der Waals surface area contributed by atoms with E-state index in [4.69, 9.17) is 4.42 Å². The third-order valence-electron chi connectivity index (χ3n) is 3.68. The number of hydrogen-bond acceptors (Lipinski definition) is 9. The number of fused-ring (bicyclic) bond motifs is 1. The molecular formula is C16H11N5O4S2. The minimum atomic E-state index is -0.472. The zero-order valence-corrected chi connectivity index (χ0v) is 15.7. The maximum atomic E-state index is 12.4. The molecule has 3 aromatic heterocycles. The van der Waals surface area contributed by atoms with Crippen molar-refractivity contribution in [3.8, 4) is 10.8 Å². The Morgan fingerprint density at radius 1 is 1.22 bits per heavy atom. The van der Waals surface area contributed by atoms with E-state index in [0.717, 1.165) is 20.3 Å². The maximum absolute atomic E-state index is 12.4. The summed E-state index contributed by atoms with van der Waals surface area (Å²) in [7, 11) is 0. The number of carbonyl (C=O) groups is 1. The van der Waals surface area contributed by atoms with Crippen LogP contribution < -0.4 is 5.32 Å². The van der Waals surface area contributed by atoms with E-state index in [0.29, 0.717) is 16.2 Å². The lowest BCUT2D eigenvalue weighted by atomic mass is 10.2. The summed E-state index contributed by atoms with van der Waals surface area (Å²) in [5.41, 5.74) is 0.758. The van der Waals surface area contributed by atoms with E-state index in [2.05, 4.69) is 20.5 Å². The Bertz CT molecular complexity index is 1190. The predicted molar refractivity (Wildman–Crippen MR) is 101 cm³/mol. The molecule has 1 amide bonds. The van der Waals surface area contributed by atoms with Crippen LogP contribution in [0.2, 0.25) is 0 Å². The Morgan fingerprint density at radius 2 is 2.04 bits per heavy atom. The number of benzene rings is 1. The Kier molecular flexibility index (Phi) is 4.16. The minimum absolute atomic E-state index is 0.0241. The number of thiophene rings is 1. The number of nitrogens with zero attached hydrogens (tertiary/aromatic N) is 4. The molecule has 0 saturated carbocycles. The first-order valence-electron chi connectivity index (χ1n) is 7.68. The van der Waals surface area contributed by atoms with E-state index in [1.165, 1.54) is 34.8 Å². The van der Waals surface area contributed by atoms with Gasteiger partial charge in [0.15, 0.2) is 0 Å². The molecule has 9 nitrogen and oxygen atoms in total. The summed E-state index contributed by atoms with van der Waals surface area (Å²) in [4.78, 5) is 28.3. The number of thiazole rings is 1. The average molecular weight is 401 g/mol. The summed E-state index contributed by atoms with van der Waals surface area (Å²) in [5.74, 6) is -0.133. The Morgan fingerprint density at radius 3 is 2.74 bits per heavy atom. The second-order valence-electron chi connectivity index (χ2n) is 5.60. The number of anilines is 1. The van der Waals surface area contributed by atoms with Crippen LogP contribution in [0.15, 0.2) is 28.7 Å². The fourth-order valence-electron chi connectivity index (χ4n) is 2.51. The largest absolute Gasteiger partial charge is 0.402 e.